The minimum Gasteiger partial charge on any atom is -0.497 e. The van der Waals surface area contributed by atoms with Gasteiger partial charge in [-0.05, 0) is 42.3 Å². The van der Waals surface area contributed by atoms with Gasteiger partial charge in [0, 0.05) is 5.02 Å². The summed E-state index contributed by atoms with van der Waals surface area (Å²) in [6, 6.07) is 14.3. The summed E-state index contributed by atoms with van der Waals surface area (Å²) < 4.78 is 10.7. The summed E-state index contributed by atoms with van der Waals surface area (Å²) in [5, 5.41) is 0.601. The van der Waals surface area contributed by atoms with Gasteiger partial charge in [0.25, 0.3) is 5.91 Å². The maximum absolute atomic E-state index is 12.0. The molecular formula is C19H21ClN2O4. The third-order valence-electron chi connectivity index (χ3n) is 3.61. The molecule has 6 nitrogen and oxygen atoms in total. The Morgan fingerprint density at radius 3 is 2.50 bits per heavy atom. The quantitative estimate of drug-likeness (QED) is 0.728. The molecule has 2 amide bonds. The number of amides is 2. The van der Waals surface area contributed by atoms with Gasteiger partial charge in [0.1, 0.15) is 11.9 Å². The van der Waals surface area contributed by atoms with Crippen LogP contribution in [-0.4, -0.2) is 25.0 Å². The first kappa shape index (κ1) is 19.8. The van der Waals surface area contributed by atoms with E-state index in [1.54, 1.807) is 38.3 Å². The Labute approximate surface area is 157 Å². The Kier molecular flexibility index (Phi) is 7.44. The molecule has 0 aromatic heterocycles. The van der Waals surface area contributed by atoms with Gasteiger partial charge in [-0.25, -0.2) is 0 Å². The van der Waals surface area contributed by atoms with Crippen LogP contribution in [0.4, 0.5) is 0 Å². The Bertz CT molecular complexity index is 749. The molecule has 0 heterocycles. The van der Waals surface area contributed by atoms with Crippen molar-refractivity contribution in [2.24, 2.45) is 0 Å². The van der Waals surface area contributed by atoms with Crippen LogP contribution in [0.1, 0.15) is 18.1 Å². The number of carbonyl (C=O) groups is 2. The normalized spacial score (nSPS) is 11.5. The number of hydrogen-bond acceptors (Lipinski definition) is 4. The van der Waals surface area contributed by atoms with Crippen LogP contribution < -0.4 is 15.6 Å². The number of methoxy groups -OCH3 is 1. The molecule has 2 aromatic rings. The molecule has 0 aliphatic rings. The molecule has 2 aromatic carbocycles. The second kappa shape index (κ2) is 9.79. The Morgan fingerprint density at radius 2 is 1.81 bits per heavy atom. The smallest absolute Gasteiger partial charge is 0.267 e. The fourth-order valence-corrected chi connectivity index (χ4v) is 2.25. The maximum Gasteiger partial charge on any atom is 0.267 e. The fourth-order valence-electron chi connectivity index (χ4n) is 2.12. The molecule has 0 radical (unpaired) electrons. The Balaban J connectivity index is 1.74. The van der Waals surface area contributed by atoms with Gasteiger partial charge in [-0.15, -0.1) is 0 Å². The van der Waals surface area contributed by atoms with Crippen LogP contribution in [0.5, 0.6) is 5.75 Å². The van der Waals surface area contributed by atoms with E-state index in [2.05, 4.69) is 10.9 Å². The first-order chi connectivity index (χ1) is 12.5. The van der Waals surface area contributed by atoms with Crippen LogP contribution in [-0.2, 0) is 27.4 Å². The van der Waals surface area contributed by atoms with E-state index < -0.39 is 12.0 Å². The van der Waals surface area contributed by atoms with E-state index in [9.17, 15) is 9.59 Å². The van der Waals surface area contributed by atoms with Gasteiger partial charge >= 0.3 is 0 Å². The number of carbonyl (C=O) groups excluding carboxylic acids is 2. The molecule has 0 fully saturated rings. The van der Waals surface area contributed by atoms with E-state index in [0.717, 1.165) is 16.9 Å². The van der Waals surface area contributed by atoms with Crippen molar-refractivity contribution in [2.45, 2.75) is 26.1 Å². The van der Waals surface area contributed by atoms with E-state index in [0.29, 0.717) is 5.02 Å². The second-order valence-corrected chi connectivity index (χ2v) is 6.08. The predicted octanol–water partition coefficient (Wildman–Crippen LogP) is 2.64. The highest BCUT2D eigenvalue weighted by Crippen LogP contribution is 2.14. The summed E-state index contributed by atoms with van der Waals surface area (Å²) in [5.41, 5.74) is 6.41. The lowest BCUT2D eigenvalue weighted by Crippen LogP contribution is -2.46. The molecular weight excluding hydrogens is 356 g/mol. The monoisotopic (exact) mass is 376 g/mol. The predicted molar refractivity (Wildman–Crippen MR) is 98.7 cm³/mol. The van der Waals surface area contributed by atoms with E-state index in [4.69, 9.17) is 21.1 Å². The lowest BCUT2D eigenvalue weighted by atomic mass is 10.1. The number of halogens is 1. The summed E-state index contributed by atoms with van der Waals surface area (Å²) in [4.78, 5) is 23.9. The molecule has 1 unspecified atom stereocenters. The summed E-state index contributed by atoms with van der Waals surface area (Å²) in [6.07, 6.45) is -0.590. The standard InChI is InChI=1S/C19H21ClN2O4/c1-13(26-12-15-4-3-5-17(10-15)25-2)19(24)22-21-18(23)11-14-6-8-16(20)9-7-14/h3-10,13H,11-12H2,1-2H3,(H,21,23)(H,22,24). The number of nitrogens with one attached hydrogen (secondary N) is 2. The molecule has 0 spiro atoms. The van der Waals surface area contributed by atoms with Gasteiger partial charge in [-0.3, -0.25) is 20.4 Å². The van der Waals surface area contributed by atoms with E-state index in [1.807, 2.05) is 24.3 Å². The minimum atomic E-state index is -0.725. The lowest BCUT2D eigenvalue weighted by Gasteiger charge is -2.14. The maximum atomic E-state index is 12.0. The summed E-state index contributed by atoms with van der Waals surface area (Å²) in [7, 11) is 1.59. The average molecular weight is 377 g/mol. The van der Waals surface area contributed by atoms with Gasteiger partial charge in [-0.2, -0.15) is 0 Å². The highest BCUT2D eigenvalue weighted by Gasteiger charge is 2.14. The van der Waals surface area contributed by atoms with Crippen molar-refractivity contribution in [3.63, 3.8) is 0 Å². The van der Waals surface area contributed by atoms with Crippen LogP contribution in [0.2, 0.25) is 5.02 Å². The molecule has 1 atom stereocenters. The highest BCUT2D eigenvalue weighted by atomic mass is 35.5. The first-order valence-electron chi connectivity index (χ1n) is 8.05. The zero-order valence-corrected chi connectivity index (χ0v) is 15.4. The van der Waals surface area contributed by atoms with Gasteiger partial charge in [0.05, 0.1) is 20.1 Å². The zero-order chi connectivity index (χ0) is 18.9. The Hall–Kier alpha value is -2.57. The summed E-state index contributed by atoms with van der Waals surface area (Å²) >= 11 is 5.80. The van der Waals surface area contributed by atoms with Gasteiger partial charge in [0.2, 0.25) is 5.91 Å². The molecule has 0 saturated heterocycles. The minimum absolute atomic E-state index is 0.135. The van der Waals surface area contributed by atoms with Crippen molar-refractivity contribution in [1.29, 1.82) is 0 Å². The molecule has 0 aliphatic heterocycles. The van der Waals surface area contributed by atoms with Gasteiger partial charge in [-0.1, -0.05) is 35.9 Å². The van der Waals surface area contributed by atoms with Crippen molar-refractivity contribution < 1.29 is 19.1 Å². The van der Waals surface area contributed by atoms with Crippen LogP contribution in [0.25, 0.3) is 0 Å². The molecule has 0 bridgehead atoms. The topological polar surface area (TPSA) is 76.7 Å². The number of ether oxygens (including phenoxy) is 2. The van der Waals surface area contributed by atoms with Gasteiger partial charge < -0.3 is 9.47 Å². The number of hydrogen-bond donors (Lipinski definition) is 2. The van der Waals surface area contributed by atoms with Crippen molar-refractivity contribution in [3.05, 3.63) is 64.7 Å². The van der Waals surface area contributed by atoms with Gasteiger partial charge in [0.15, 0.2) is 0 Å². The molecule has 7 heteroatoms. The van der Waals surface area contributed by atoms with E-state index >= 15 is 0 Å². The van der Waals surface area contributed by atoms with E-state index in [-0.39, 0.29) is 18.9 Å². The number of hydrazine groups is 1. The Morgan fingerprint density at radius 1 is 1.08 bits per heavy atom. The average Bonchev–Trinajstić information content (AvgIpc) is 2.66. The lowest BCUT2D eigenvalue weighted by molar-refractivity contribution is -0.136. The number of benzene rings is 2. The van der Waals surface area contributed by atoms with Crippen LogP contribution >= 0.6 is 11.6 Å². The van der Waals surface area contributed by atoms with Crippen molar-refractivity contribution >= 4 is 23.4 Å². The number of rotatable bonds is 7. The molecule has 2 N–H and O–H groups in total. The van der Waals surface area contributed by atoms with Crippen LogP contribution in [0, 0.1) is 0 Å². The molecule has 26 heavy (non-hydrogen) atoms. The SMILES string of the molecule is COc1cccc(COC(C)C(=O)NNC(=O)Cc2ccc(Cl)cc2)c1. The molecule has 0 saturated carbocycles. The van der Waals surface area contributed by atoms with Crippen molar-refractivity contribution in [3.8, 4) is 5.75 Å². The van der Waals surface area contributed by atoms with Crippen LogP contribution in [0.3, 0.4) is 0 Å². The molecule has 138 valence electrons. The van der Waals surface area contributed by atoms with Crippen molar-refractivity contribution in [1.82, 2.24) is 10.9 Å². The molecule has 0 aliphatic carbocycles. The summed E-state index contributed by atoms with van der Waals surface area (Å²) in [5.74, 6) is -0.0457. The second-order valence-electron chi connectivity index (χ2n) is 5.65. The zero-order valence-electron chi connectivity index (χ0n) is 14.6. The van der Waals surface area contributed by atoms with E-state index in [1.165, 1.54) is 0 Å². The van der Waals surface area contributed by atoms with Crippen molar-refractivity contribution in [2.75, 3.05) is 7.11 Å². The van der Waals surface area contributed by atoms with Crippen LogP contribution in [0.15, 0.2) is 48.5 Å². The summed E-state index contributed by atoms with van der Waals surface area (Å²) in [6.45, 7) is 1.87. The fraction of sp³-hybridized carbons (Fsp3) is 0.263. The third kappa shape index (κ3) is 6.38. The third-order valence-corrected chi connectivity index (χ3v) is 3.86. The molecule has 2 rings (SSSR count). The largest absolute Gasteiger partial charge is 0.497 e. The first-order valence-corrected chi connectivity index (χ1v) is 8.43. The highest BCUT2D eigenvalue weighted by molar-refractivity contribution is 6.30.